The highest BCUT2D eigenvalue weighted by Gasteiger charge is 2.45. The molecule has 9 nitrogen and oxygen atoms in total. The number of hydrogen-bond donors (Lipinski definition) is 2. The number of anilines is 1. The minimum Gasteiger partial charge on any atom is -0.449 e. The second-order valence-corrected chi connectivity index (χ2v) is 11.9. The van der Waals surface area contributed by atoms with E-state index in [1.165, 1.54) is 6.07 Å². The highest BCUT2D eigenvalue weighted by atomic mass is 19.1. The number of halogens is 1. The molecule has 1 aromatic rings. The topological polar surface area (TPSA) is 94.2 Å². The Labute approximate surface area is 230 Å². The molecule has 1 unspecified atom stereocenters. The fraction of sp³-hybridized carbons (Fsp3) is 0.690. The Morgan fingerprint density at radius 1 is 1.13 bits per heavy atom. The molecule has 4 aliphatic rings. The Morgan fingerprint density at radius 3 is 2.54 bits per heavy atom. The third-order valence-electron chi connectivity index (χ3n) is 9.03. The van der Waals surface area contributed by atoms with Gasteiger partial charge in [0.2, 0.25) is 11.8 Å². The van der Waals surface area contributed by atoms with E-state index in [9.17, 15) is 14.4 Å². The van der Waals surface area contributed by atoms with Gasteiger partial charge < -0.3 is 14.5 Å². The van der Waals surface area contributed by atoms with Crippen molar-refractivity contribution in [1.29, 1.82) is 0 Å². The van der Waals surface area contributed by atoms with Crippen LogP contribution in [0.2, 0.25) is 0 Å². The number of amides is 3. The molecule has 4 heterocycles. The largest absolute Gasteiger partial charge is 0.449 e. The molecule has 1 aromatic carbocycles. The van der Waals surface area contributed by atoms with Gasteiger partial charge in [-0.05, 0) is 75.2 Å². The Morgan fingerprint density at radius 2 is 1.87 bits per heavy atom. The van der Waals surface area contributed by atoms with Crippen molar-refractivity contribution >= 4 is 23.6 Å². The summed E-state index contributed by atoms with van der Waals surface area (Å²) in [6, 6.07) is 5.10. The SMILES string of the molecule is CCCCOC(=O)NN1CC2(CCN(CC3CCN(c4ccc(C5CCC(=O)NC5=O)cc4F)CC3)CC2)C1. The number of nitrogens with zero attached hydrogens (tertiary/aromatic N) is 3. The van der Waals surface area contributed by atoms with Gasteiger partial charge in [-0.2, -0.15) is 0 Å². The van der Waals surface area contributed by atoms with Crippen molar-refractivity contribution < 1.29 is 23.5 Å². The van der Waals surface area contributed by atoms with Gasteiger partial charge in [-0.1, -0.05) is 19.4 Å². The molecule has 10 heteroatoms. The second kappa shape index (κ2) is 12.2. The number of ether oxygens (including phenoxy) is 1. The van der Waals surface area contributed by atoms with Crippen LogP contribution in [0.5, 0.6) is 0 Å². The number of carbonyl (C=O) groups excluding carboxylic acids is 3. The van der Waals surface area contributed by atoms with Crippen LogP contribution in [0.15, 0.2) is 18.2 Å². The summed E-state index contributed by atoms with van der Waals surface area (Å²) in [7, 11) is 0. The molecule has 2 N–H and O–H groups in total. The standard InChI is InChI=1S/C29H42FN5O4/c1-2-3-16-39-28(38)32-35-19-29(20-35)10-14-33(15-11-29)18-21-8-12-34(13-9-21)25-6-4-22(17-24(25)30)23-5-7-26(36)31-27(23)37/h4,6,17,21,23H,2-3,5,7-16,18-20H2,1H3,(H,32,38)(H,31,36,37). The lowest BCUT2D eigenvalue weighted by Crippen LogP contribution is -2.65. The highest BCUT2D eigenvalue weighted by Crippen LogP contribution is 2.40. The summed E-state index contributed by atoms with van der Waals surface area (Å²) in [6.07, 6.45) is 6.65. The average molecular weight is 544 g/mol. The third kappa shape index (κ3) is 6.72. The van der Waals surface area contributed by atoms with Crippen molar-refractivity contribution in [3.8, 4) is 0 Å². The number of hydrogen-bond acceptors (Lipinski definition) is 7. The molecule has 5 rings (SSSR count). The van der Waals surface area contributed by atoms with Gasteiger partial charge in [-0.15, -0.1) is 0 Å². The Hall–Kier alpha value is -2.72. The summed E-state index contributed by atoms with van der Waals surface area (Å²) in [6.45, 7) is 9.26. The van der Waals surface area contributed by atoms with E-state index in [1.807, 2.05) is 11.1 Å². The average Bonchev–Trinajstić information content (AvgIpc) is 2.90. The lowest BCUT2D eigenvalue weighted by molar-refractivity contribution is -0.134. The molecule has 39 heavy (non-hydrogen) atoms. The van der Waals surface area contributed by atoms with Gasteiger partial charge in [0.05, 0.1) is 18.2 Å². The second-order valence-electron chi connectivity index (χ2n) is 11.9. The van der Waals surface area contributed by atoms with Crippen LogP contribution < -0.4 is 15.6 Å². The zero-order chi connectivity index (χ0) is 27.4. The van der Waals surface area contributed by atoms with Gasteiger partial charge in [-0.3, -0.25) is 20.3 Å². The van der Waals surface area contributed by atoms with Crippen LogP contribution in [-0.4, -0.2) is 80.2 Å². The molecular weight excluding hydrogens is 501 g/mol. The molecule has 0 bridgehead atoms. The fourth-order valence-corrected chi connectivity index (χ4v) is 6.57. The lowest BCUT2D eigenvalue weighted by Gasteiger charge is -2.53. The monoisotopic (exact) mass is 543 g/mol. The number of unbranched alkanes of at least 4 members (excludes halogenated alkanes) is 1. The number of nitrogens with one attached hydrogen (secondary N) is 2. The summed E-state index contributed by atoms with van der Waals surface area (Å²) >= 11 is 0. The fourth-order valence-electron chi connectivity index (χ4n) is 6.57. The Kier molecular flexibility index (Phi) is 8.71. The first-order valence-corrected chi connectivity index (χ1v) is 14.6. The molecular formula is C29H42FN5O4. The molecule has 3 amide bonds. The van der Waals surface area contributed by atoms with Crippen LogP contribution in [0, 0.1) is 17.2 Å². The molecule has 4 saturated heterocycles. The first kappa shape index (κ1) is 27.8. The smallest absolute Gasteiger partial charge is 0.421 e. The van der Waals surface area contributed by atoms with Gasteiger partial charge >= 0.3 is 6.09 Å². The molecule has 214 valence electrons. The minimum absolute atomic E-state index is 0.260. The van der Waals surface area contributed by atoms with E-state index in [2.05, 4.69) is 27.5 Å². The first-order valence-electron chi connectivity index (χ1n) is 14.6. The van der Waals surface area contributed by atoms with Gasteiger partial charge in [-0.25, -0.2) is 14.2 Å². The molecule has 0 radical (unpaired) electrons. The quantitative estimate of drug-likeness (QED) is 0.383. The molecule has 4 fully saturated rings. The van der Waals surface area contributed by atoms with Gasteiger partial charge in [0, 0.05) is 44.6 Å². The van der Waals surface area contributed by atoms with Crippen LogP contribution in [-0.2, 0) is 14.3 Å². The molecule has 0 aliphatic carbocycles. The van der Waals surface area contributed by atoms with Crippen molar-refractivity contribution in [3.63, 3.8) is 0 Å². The van der Waals surface area contributed by atoms with Crippen LogP contribution in [0.4, 0.5) is 14.9 Å². The number of rotatable bonds is 8. The lowest BCUT2D eigenvalue weighted by atomic mass is 9.72. The van der Waals surface area contributed by atoms with Gasteiger partial charge in [0.25, 0.3) is 0 Å². The zero-order valence-corrected chi connectivity index (χ0v) is 23.1. The molecule has 0 saturated carbocycles. The molecule has 4 aliphatic heterocycles. The summed E-state index contributed by atoms with van der Waals surface area (Å²) < 4.78 is 20.3. The van der Waals surface area contributed by atoms with Crippen molar-refractivity contribution in [2.75, 3.05) is 57.3 Å². The number of carbonyl (C=O) groups is 3. The predicted octanol–water partition coefficient (Wildman–Crippen LogP) is 3.40. The maximum atomic E-state index is 15.1. The maximum absolute atomic E-state index is 15.1. The van der Waals surface area contributed by atoms with E-state index >= 15 is 4.39 Å². The normalized spacial score (nSPS) is 24.4. The van der Waals surface area contributed by atoms with Crippen LogP contribution in [0.3, 0.4) is 0 Å². The Bertz CT molecular complexity index is 1040. The van der Waals surface area contributed by atoms with Crippen molar-refractivity contribution in [1.82, 2.24) is 20.7 Å². The number of likely N-dealkylation sites (tertiary alicyclic amines) is 1. The van der Waals surface area contributed by atoms with Crippen LogP contribution >= 0.6 is 0 Å². The first-order chi connectivity index (χ1) is 18.8. The van der Waals surface area contributed by atoms with Gasteiger partial charge in [0.15, 0.2) is 0 Å². The molecule has 1 atom stereocenters. The molecule has 1 spiro atoms. The van der Waals surface area contributed by atoms with E-state index in [-0.39, 0.29) is 30.1 Å². The number of benzene rings is 1. The van der Waals surface area contributed by atoms with E-state index in [4.69, 9.17) is 4.74 Å². The van der Waals surface area contributed by atoms with Gasteiger partial charge in [0.1, 0.15) is 5.82 Å². The molecule has 0 aromatic heterocycles. The summed E-state index contributed by atoms with van der Waals surface area (Å²) in [4.78, 5) is 40.1. The minimum atomic E-state index is -0.466. The highest BCUT2D eigenvalue weighted by molar-refractivity contribution is 6.00. The predicted molar refractivity (Wildman–Crippen MR) is 146 cm³/mol. The van der Waals surface area contributed by atoms with Crippen LogP contribution in [0.25, 0.3) is 0 Å². The summed E-state index contributed by atoms with van der Waals surface area (Å²) in [5, 5.41) is 4.34. The van der Waals surface area contributed by atoms with E-state index < -0.39 is 5.92 Å². The Balaban J connectivity index is 1.02. The number of imide groups is 1. The summed E-state index contributed by atoms with van der Waals surface area (Å²) in [5.74, 6) is -0.749. The summed E-state index contributed by atoms with van der Waals surface area (Å²) in [5.41, 5.74) is 4.41. The van der Waals surface area contributed by atoms with E-state index in [0.29, 0.717) is 35.6 Å². The third-order valence-corrected chi connectivity index (χ3v) is 9.03. The number of hydrazine groups is 1. The van der Waals surface area contributed by atoms with Crippen LogP contribution in [0.1, 0.15) is 69.8 Å². The van der Waals surface area contributed by atoms with Crippen molar-refractivity contribution in [2.24, 2.45) is 11.3 Å². The van der Waals surface area contributed by atoms with Crippen molar-refractivity contribution in [3.05, 3.63) is 29.6 Å². The van der Waals surface area contributed by atoms with Crippen molar-refractivity contribution in [2.45, 2.75) is 64.2 Å². The zero-order valence-electron chi connectivity index (χ0n) is 23.1. The van der Waals surface area contributed by atoms with E-state index in [1.54, 1.807) is 6.07 Å². The number of piperidine rings is 3. The van der Waals surface area contributed by atoms with E-state index in [0.717, 1.165) is 84.3 Å². The maximum Gasteiger partial charge on any atom is 0.421 e.